The summed E-state index contributed by atoms with van der Waals surface area (Å²) in [6, 6.07) is 0.669. The lowest BCUT2D eigenvalue weighted by molar-refractivity contribution is 0.112. The summed E-state index contributed by atoms with van der Waals surface area (Å²) in [6.07, 6.45) is 7.65. The van der Waals surface area contributed by atoms with Crippen molar-refractivity contribution in [2.45, 2.75) is 64.3 Å². The molecule has 1 aromatic rings. The zero-order valence-electron chi connectivity index (χ0n) is 12.7. The molecule has 20 heavy (non-hydrogen) atoms. The maximum Gasteiger partial charge on any atom is 0.186 e. The number of thiazole rings is 1. The van der Waals surface area contributed by atoms with Crippen molar-refractivity contribution in [1.29, 1.82) is 0 Å². The number of aromatic nitrogens is 1. The van der Waals surface area contributed by atoms with Crippen LogP contribution in [0.4, 0.5) is 5.13 Å². The lowest BCUT2D eigenvalue weighted by atomic mass is 9.91. The molecule has 2 heterocycles. The van der Waals surface area contributed by atoms with Crippen LogP contribution in [0.5, 0.6) is 0 Å². The van der Waals surface area contributed by atoms with Crippen LogP contribution in [0, 0.1) is 5.92 Å². The van der Waals surface area contributed by atoms with E-state index in [2.05, 4.69) is 25.7 Å². The number of hydrogen-bond donors (Lipinski definition) is 0. The van der Waals surface area contributed by atoms with Crippen LogP contribution in [0.2, 0.25) is 0 Å². The van der Waals surface area contributed by atoms with Crippen molar-refractivity contribution in [1.82, 2.24) is 4.98 Å². The molecular formula is C16H24N2OS. The molecule has 2 aliphatic rings. The van der Waals surface area contributed by atoms with Crippen LogP contribution in [0.1, 0.15) is 68.2 Å². The summed E-state index contributed by atoms with van der Waals surface area (Å²) < 4.78 is 0. The molecule has 1 saturated heterocycles. The Kier molecular flexibility index (Phi) is 3.61. The van der Waals surface area contributed by atoms with Gasteiger partial charge in [-0.25, -0.2) is 4.98 Å². The number of piperidine rings is 1. The molecule has 3 nitrogen and oxygen atoms in total. The smallest absolute Gasteiger partial charge is 0.186 e. The molecule has 2 fully saturated rings. The first-order chi connectivity index (χ1) is 9.50. The van der Waals surface area contributed by atoms with E-state index in [9.17, 15) is 4.79 Å². The number of aldehydes is 1. The van der Waals surface area contributed by atoms with Gasteiger partial charge in [-0.1, -0.05) is 38.5 Å². The standard InChI is InChI=1S/C16H24N2OS/c1-16(2,3)14-13(10-19)20-15(17-14)18-9-5-7-11-6-4-8-12(11)18/h10-12H,4-9H2,1-3H3. The summed E-state index contributed by atoms with van der Waals surface area (Å²) in [5, 5.41) is 1.08. The average molecular weight is 292 g/mol. The molecule has 1 saturated carbocycles. The Bertz CT molecular complexity index is 503. The molecule has 2 unspecified atom stereocenters. The SMILES string of the molecule is CC(C)(C)c1nc(N2CCCC3CCCC32)sc1C=O. The van der Waals surface area contributed by atoms with Gasteiger partial charge in [-0.3, -0.25) is 4.79 Å². The van der Waals surface area contributed by atoms with Gasteiger partial charge in [0.25, 0.3) is 0 Å². The highest BCUT2D eigenvalue weighted by Crippen LogP contribution is 2.41. The second kappa shape index (κ2) is 5.14. The van der Waals surface area contributed by atoms with Gasteiger partial charge in [-0.05, 0) is 31.6 Å². The largest absolute Gasteiger partial charge is 0.345 e. The van der Waals surface area contributed by atoms with E-state index < -0.39 is 0 Å². The monoisotopic (exact) mass is 292 g/mol. The summed E-state index contributed by atoms with van der Waals surface area (Å²) >= 11 is 1.59. The Morgan fingerprint density at radius 1 is 1.25 bits per heavy atom. The summed E-state index contributed by atoms with van der Waals surface area (Å²) in [7, 11) is 0. The molecule has 2 atom stereocenters. The molecule has 0 amide bonds. The molecule has 1 aliphatic heterocycles. The summed E-state index contributed by atoms with van der Waals surface area (Å²) in [6.45, 7) is 7.50. The van der Waals surface area contributed by atoms with Gasteiger partial charge >= 0.3 is 0 Å². The Balaban J connectivity index is 1.94. The van der Waals surface area contributed by atoms with E-state index in [0.29, 0.717) is 6.04 Å². The third-order valence-electron chi connectivity index (χ3n) is 4.70. The first-order valence-corrected chi connectivity index (χ1v) is 8.55. The number of carbonyl (C=O) groups excluding carboxylic acids is 1. The summed E-state index contributed by atoms with van der Waals surface area (Å²) in [4.78, 5) is 19.5. The fourth-order valence-electron chi connectivity index (χ4n) is 3.75. The van der Waals surface area contributed by atoms with Gasteiger partial charge < -0.3 is 4.90 Å². The predicted octanol–water partition coefficient (Wildman–Crippen LogP) is 4.02. The number of anilines is 1. The van der Waals surface area contributed by atoms with Gasteiger partial charge in [0.15, 0.2) is 11.4 Å². The molecule has 0 spiro atoms. The number of carbonyl (C=O) groups is 1. The van der Waals surface area contributed by atoms with Crippen LogP contribution in [0.3, 0.4) is 0 Å². The number of rotatable bonds is 2. The maximum atomic E-state index is 11.3. The third kappa shape index (κ3) is 2.39. The van der Waals surface area contributed by atoms with E-state index >= 15 is 0 Å². The van der Waals surface area contributed by atoms with Gasteiger partial charge in [-0.15, -0.1) is 0 Å². The highest BCUT2D eigenvalue weighted by Gasteiger charge is 2.37. The minimum Gasteiger partial charge on any atom is -0.345 e. The zero-order valence-corrected chi connectivity index (χ0v) is 13.5. The average Bonchev–Trinajstić information content (AvgIpc) is 3.03. The highest BCUT2D eigenvalue weighted by atomic mass is 32.1. The van der Waals surface area contributed by atoms with Crippen LogP contribution in [0.15, 0.2) is 0 Å². The number of fused-ring (bicyclic) bond motifs is 1. The van der Waals surface area contributed by atoms with Crippen molar-refractivity contribution >= 4 is 22.8 Å². The molecule has 0 bridgehead atoms. The van der Waals surface area contributed by atoms with E-state index in [4.69, 9.17) is 4.98 Å². The normalized spacial score (nSPS) is 26.6. The molecule has 1 aromatic heterocycles. The Labute approximate surface area is 125 Å². The molecule has 0 N–H and O–H groups in total. The van der Waals surface area contributed by atoms with E-state index in [1.807, 2.05) is 0 Å². The molecule has 0 radical (unpaired) electrons. The van der Waals surface area contributed by atoms with Gasteiger partial charge in [0, 0.05) is 18.0 Å². The Hall–Kier alpha value is -0.900. The Morgan fingerprint density at radius 2 is 2.00 bits per heavy atom. The fraction of sp³-hybridized carbons (Fsp3) is 0.750. The van der Waals surface area contributed by atoms with Crippen molar-refractivity contribution in [3.8, 4) is 0 Å². The van der Waals surface area contributed by atoms with Crippen LogP contribution in [0.25, 0.3) is 0 Å². The van der Waals surface area contributed by atoms with Crippen LogP contribution in [-0.4, -0.2) is 23.9 Å². The highest BCUT2D eigenvalue weighted by molar-refractivity contribution is 7.17. The van der Waals surface area contributed by atoms with Crippen molar-refractivity contribution in [2.24, 2.45) is 5.92 Å². The van der Waals surface area contributed by atoms with Gasteiger partial charge in [0.2, 0.25) is 0 Å². The first kappa shape index (κ1) is 14.1. The zero-order chi connectivity index (χ0) is 14.3. The van der Waals surface area contributed by atoms with E-state index in [0.717, 1.165) is 34.5 Å². The Morgan fingerprint density at radius 3 is 2.65 bits per heavy atom. The topological polar surface area (TPSA) is 33.2 Å². The van der Waals surface area contributed by atoms with Gasteiger partial charge in [0.1, 0.15) is 0 Å². The van der Waals surface area contributed by atoms with E-state index in [-0.39, 0.29) is 5.41 Å². The number of hydrogen-bond acceptors (Lipinski definition) is 4. The predicted molar refractivity (Wildman–Crippen MR) is 83.9 cm³/mol. The van der Waals surface area contributed by atoms with Crippen molar-refractivity contribution in [3.05, 3.63) is 10.6 Å². The van der Waals surface area contributed by atoms with Gasteiger partial charge in [0.05, 0.1) is 10.6 Å². The van der Waals surface area contributed by atoms with Crippen molar-refractivity contribution in [3.63, 3.8) is 0 Å². The molecule has 0 aromatic carbocycles. The minimum atomic E-state index is -0.0597. The lowest BCUT2D eigenvalue weighted by Crippen LogP contribution is -2.42. The first-order valence-electron chi connectivity index (χ1n) is 7.74. The number of nitrogens with zero attached hydrogens (tertiary/aromatic N) is 2. The molecule has 110 valence electrons. The molecule has 1 aliphatic carbocycles. The minimum absolute atomic E-state index is 0.0597. The van der Waals surface area contributed by atoms with E-state index in [1.165, 1.54) is 32.1 Å². The second-order valence-electron chi connectivity index (χ2n) is 7.17. The molecule has 3 rings (SSSR count). The quantitative estimate of drug-likeness (QED) is 0.772. The lowest BCUT2D eigenvalue weighted by Gasteiger charge is -2.37. The third-order valence-corrected chi connectivity index (χ3v) is 5.72. The summed E-state index contributed by atoms with van der Waals surface area (Å²) in [5.41, 5.74) is 0.906. The van der Waals surface area contributed by atoms with E-state index in [1.54, 1.807) is 11.3 Å². The van der Waals surface area contributed by atoms with Crippen molar-refractivity contribution < 1.29 is 4.79 Å². The summed E-state index contributed by atoms with van der Waals surface area (Å²) in [5.74, 6) is 0.852. The molecule has 4 heteroatoms. The van der Waals surface area contributed by atoms with Crippen LogP contribution < -0.4 is 4.90 Å². The van der Waals surface area contributed by atoms with Gasteiger partial charge in [-0.2, -0.15) is 0 Å². The molecular weight excluding hydrogens is 268 g/mol. The second-order valence-corrected chi connectivity index (χ2v) is 8.18. The maximum absolute atomic E-state index is 11.3. The fourth-order valence-corrected chi connectivity index (χ4v) is 4.93. The van der Waals surface area contributed by atoms with Crippen LogP contribution in [-0.2, 0) is 5.41 Å². The van der Waals surface area contributed by atoms with Crippen molar-refractivity contribution in [2.75, 3.05) is 11.4 Å². The van der Waals surface area contributed by atoms with Crippen LogP contribution >= 0.6 is 11.3 Å².